The maximum absolute atomic E-state index is 10.9. The lowest BCUT2D eigenvalue weighted by atomic mass is 10.1. The van der Waals surface area contributed by atoms with Gasteiger partial charge in [0.25, 0.3) is 0 Å². The van der Waals surface area contributed by atoms with E-state index in [0.717, 1.165) is 61.1 Å². The van der Waals surface area contributed by atoms with Crippen LogP contribution in [0, 0.1) is 0 Å². The summed E-state index contributed by atoms with van der Waals surface area (Å²) in [5, 5.41) is 10.9. The largest absolute Gasteiger partial charge is 0.497 e. The molecule has 0 aromatic heterocycles. The van der Waals surface area contributed by atoms with Gasteiger partial charge in [-0.1, -0.05) is 12.1 Å². The van der Waals surface area contributed by atoms with Crippen molar-refractivity contribution in [3.8, 4) is 17.2 Å². The van der Waals surface area contributed by atoms with Gasteiger partial charge in [-0.25, -0.2) is 0 Å². The second-order valence-electron chi connectivity index (χ2n) is 7.61. The molecule has 2 heterocycles. The quantitative estimate of drug-likeness (QED) is 0.879. The van der Waals surface area contributed by atoms with Crippen molar-refractivity contribution in [2.45, 2.75) is 18.6 Å². The van der Waals surface area contributed by atoms with Gasteiger partial charge in [0.2, 0.25) is 0 Å². The summed E-state index contributed by atoms with van der Waals surface area (Å²) in [5.41, 5.74) is 3.34. The first kappa shape index (κ1) is 17.6. The third-order valence-electron chi connectivity index (χ3n) is 6.13. The topological polar surface area (TPSA) is 54.4 Å². The molecule has 0 bridgehead atoms. The maximum Gasteiger partial charge on any atom is 0.184 e. The minimum atomic E-state index is -0.436. The average molecular weight is 382 g/mol. The van der Waals surface area contributed by atoms with Gasteiger partial charge in [-0.2, -0.15) is 0 Å². The normalized spacial score (nSPS) is 24.1. The second kappa shape index (κ2) is 7.18. The van der Waals surface area contributed by atoms with Gasteiger partial charge < -0.3 is 24.2 Å². The number of rotatable bonds is 3. The highest BCUT2D eigenvalue weighted by Gasteiger charge is 2.37. The van der Waals surface area contributed by atoms with Crippen LogP contribution < -0.4 is 19.1 Å². The number of fused-ring (bicyclic) bond motifs is 2. The van der Waals surface area contributed by atoms with E-state index in [0.29, 0.717) is 13.2 Å². The van der Waals surface area contributed by atoms with E-state index in [2.05, 4.69) is 21.9 Å². The van der Waals surface area contributed by atoms with Crippen molar-refractivity contribution in [3.05, 3.63) is 47.5 Å². The molecule has 3 aliphatic rings. The van der Waals surface area contributed by atoms with Crippen LogP contribution in [0.2, 0.25) is 0 Å². The Morgan fingerprint density at radius 2 is 1.86 bits per heavy atom. The third-order valence-corrected chi connectivity index (χ3v) is 6.13. The van der Waals surface area contributed by atoms with Gasteiger partial charge in [0.15, 0.2) is 11.5 Å². The summed E-state index contributed by atoms with van der Waals surface area (Å²) < 4.78 is 16.9. The molecule has 2 atom stereocenters. The molecule has 6 heteroatoms. The number of methoxy groups -OCH3 is 1. The second-order valence-corrected chi connectivity index (χ2v) is 7.61. The van der Waals surface area contributed by atoms with Crippen molar-refractivity contribution in [2.24, 2.45) is 0 Å². The molecule has 0 amide bonds. The maximum atomic E-state index is 10.9. The SMILES string of the molecule is COc1ccc2c(c1)C[C@H](N1CCN(c3cccc4c3OCCO4)CC1)[C@@H]2O. The van der Waals surface area contributed by atoms with Crippen LogP contribution in [0.4, 0.5) is 5.69 Å². The van der Waals surface area contributed by atoms with E-state index < -0.39 is 6.10 Å². The highest BCUT2D eigenvalue weighted by atomic mass is 16.6. The van der Waals surface area contributed by atoms with E-state index in [1.807, 2.05) is 24.3 Å². The number of benzene rings is 2. The van der Waals surface area contributed by atoms with Crippen molar-refractivity contribution < 1.29 is 19.3 Å². The Hall–Kier alpha value is -2.44. The number of anilines is 1. The lowest BCUT2D eigenvalue weighted by molar-refractivity contribution is 0.0571. The fourth-order valence-corrected chi connectivity index (χ4v) is 4.65. The van der Waals surface area contributed by atoms with Gasteiger partial charge >= 0.3 is 0 Å². The van der Waals surface area contributed by atoms with Crippen molar-refractivity contribution in [3.63, 3.8) is 0 Å². The minimum absolute atomic E-state index is 0.133. The summed E-state index contributed by atoms with van der Waals surface area (Å²) in [6.45, 7) is 4.84. The van der Waals surface area contributed by atoms with Crippen LogP contribution in [-0.4, -0.2) is 62.6 Å². The first-order chi connectivity index (χ1) is 13.7. The molecule has 1 saturated heterocycles. The van der Waals surface area contributed by atoms with Crippen molar-refractivity contribution >= 4 is 5.69 Å². The van der Waals surface area contributed by atoms with Gasteiger partial charge in [0, 0.05) is 32.2 Å². The molecule has 0 saturated carbocycles. The van der Waals surface area contributed by atoms with Gasteiger partial charge in [-0.05, 0) is 41.8 Å². The first-order valence-electron chi connectivity index (χ1n) is 9.97. The molecule has 5 rings (SSSR count). The summed E-state index contributed by atoms with van der Waals surface area (Å²) in [5.74, 6) is 2.55. The fraction of sp³-hybridized carbons (Fsp3) is 0.455. The minimum Gasteiger partial charge on any atom is -0.497 e. The zero-order valence-electron chi connectivity index (χ0n) is 16.1. The zero-order chi connectivity index (χ0) is 19.1. The Bertz CT molecular complexity index is 864. The molecule has 0 unspecified atom stereocenters. The van der Waals surface area contributed by atoms with E-state index >= 15 is 0 Å². The molecule has 0 spiro atoms. The number of nitrogens with zero attached hydrogens (tertiary/aromatic N) is 2. The molecule has 2 aromatic carbocycles. The molecular formula is C22H26N2O4. The number of hydrogen-bond donors (Lipinski definition) is 1. The van der Waals surface area contributed by atoms with Crippen LogP contribution in [0.5, 0.6) is 17.2 Å². The summed E-state index contributed by atoms with van der Waals surface area (Å²) >= 11 is 0. The van der Waals surface area contributed by atoms with E-state index in [1.165, 1.54) is 5.56 Å². The van der Waals surface area contributed by atoms with Crippen LogP contribution >= 0.6 is 0 Å². The Morgan fingerprint density at radius 3 is 2.68 bits per heavy atom. The van der Waals surface area contributed by atoms with Gasteiger partial charge in [0.1, 0.15) is 19.0 Å². The van der Waals surface area contributed by atoms with Gasteiger partial charge in [-0.3, -0.25) is 4.90 Å². The number of ether oxygens (including phenoxy) is 3. The lowest BCUT2D eigenvalue weighted by Gasteiger charge is -2.40. The summed E-state index contributed by atoms with van der Waals surface area (Å²) in [6, 6.07) is 12.2. The van der Waals surface area contributed by atoms with Crippen molar-refractivity contribution in [1.82, 2.24) is 4.90 Å². The van der Waals surface area contributed by atoms with E-state index in [4.69, 9.17) is 14.2 Å². The molecule has 0 radical (unpaired) electrons. The molecule has 2 aromatic rings. The van der Waals surface area contributed by atoms with Crippen LogP contribution in [0.1, 0.15) is 17.2 Å². The van der Waals surface area contributed by atoms with Crippen LogP contribution in [-0.2, 0) is 6.42 Å². The number of aliphatic hydroxyl groups is 1. The Balaban J connectivity index is 1.28. The Morgan fingerprint density at radius 1 is 1.04 bits per heavy atom. The highest BCUT2D eigenvalue weighted by molar-refractivity contribution is 5.65. The highest BCUT2D eigenvalue weighted by Crippen LogP contribution is 2.41. The molecule has 2 aliphatic heterocycles. The number of piperazine rings is 1. The summed E-state index contributed by atoms with van der Waals surface area (Å²) in [7, 11) is 1.68. The van der Waals surface area contributed by atoms with E-state index in [-0.39, 0.29) is 6.04 Å². The molecule has 1 N–H and O–H groups in total. The number of hydrogen-bond acceptors (Lipinski definition) is 6. The van der Waals surface area contributed by atoms with Crippen LogP contribution in [0.15, 0.2) is 36.4 Å². The summed E-state index contributed by atoms with van der Waals surface area (Å²) in [6.07, 6.45) is 0.430. The number of para-hydroxylation sites is 1. The number of aliphatic hydroxyl groups excluding tert-OH is 1. The van der Waals surface area contributed by atoms with Gasteiger partial charge in [-0.15, -0.1) is 0 Å². The molecular weight excluding hydrogens is 356 g/mol. The molecule has 148 valence electrons. The van der Waals surface area contributed by atoms with E-state index in [9.17, 15) is 5.11 Å². The zero-order valence-corrected chi connectivity index (χ0v) is 16.1. The molecule has 28 heavy (non-hydrogen) atoms. The smallest absolute Gasteiger partial charge is 0.184 e. The monoisotopic (exact) mass is 382 g/mol. The summed E-state index contributed by atoms with van der Waals surface area (Å²) in [4.78, 5) is 4.78. The average Bonchev–Trinajstić information content (AvgIpc) is 3.09. The fourth-order valence-electron chi connectivity index (χ4n) is 4.65. The molecule has 1 aliphatic carbocycles. The Labute approximate surface area is 165 Å². The standard InChI is InChI=1S/C22H26N2O4/c1-26-16-5-6-17-15(13-16)14-19(21(17)25)24-9-7-23(8-10-24)18-3-2-4-20-22(18)28-12-11-27-20/h2-6,13,19,21,25H,7-12,14H2,1H3/t19-,21+/m0/s1. The van der Waals surface area contributed by atoms with Crippen molar-refractivity contribution in [2.75, 3.05) is 51.4 Å². The van der Waals surface area contributed by atoms with E-state index in [1.54, 1.807) is 7.11 Å². The predicted molar refractivity (Wildman–Crippen MR) is 107 cm³/mol. The van der Waals surface area contributed by atoms with Gasteiger partial charge in [0.05, 0.1) is 18.9 Å². The predicted octanol–water partition coefficient (Wildman–Crippen LogP) is 2.25. The van der Waals surface area contributed by atoms with Crippen LogP contribution in [0.3, 0.4) is 0 Å². The van der Waals surface area contributed by atoms with Crippen LogP contribution in [0.25, 0.3) is 0 Å². The van der Waals surface area contributed by atoms with Crippen molar-refractivity contribution in [1.29, 1.82) is 0 Å². The third kappa shape index (κ3) is 2.97. The Kier molecular flexibility index (Phi) is 4.53. The molecule has 6 nitrogen and oxygen atoms in total. The first-order valence-corrected chi connectivity index (χ1v) is 9.97. The lowest BCUT2D eigenvalue weighted by Crippen LogP contribution is -2.51. The molecule has 1 fully saturated rings.